The summed E-state index contributed by atoms with van der Waals surface area (Å²) in [6.45, 7) is 6.56. The lowest BCUT2D eigenvalue weighted by atomic mass is 10.0. The minimum Gasteiger partial charge on any atom is -0.462 e. The summed E-state index contributed by atoms with van der Waals surface area (Å²) in [6, 6.07) is 0. The Morgan fingerprint density at radius 1 is 0.266 bits per heavy atom. The van der Waals surface area contributed by atoms with Crippen LogP contribution in [0.1, 0.15) is 342 Å². The molecule has 1 unspecified atom stereocenters. The van der Waals surface area contributed by atoms with Crippen molar-refractivity contribution < 1.29 is 28.6 Å². The average molecular weight is 1100 g/mol. The first-order valence-electron chi connectivity index (χ1n) is 34.1. The minimum atomic E-state index is -0.783. The molecule has 0 N–H and O–H groups in total. The SMILES string of the molecule is CC/C=C\C/C=C\C/C=C\C/C=C\C/C=C\C/C=C\CCCCCCCCCCC(=O)OCC(COC(=O)CCCCCCC/C=C\CCCCCCCCC)OC(=O)CCCCCCCCCCCCCCCCCCCC. The highest BCUT2D eigenvalue weighted by Gasteiger charge is 2.19. The Balaban J connectivity index is 4.34. The summed E-state index contributed by atoms with van der Waals surface area (Å²) in [4.78, 5) is 38.4. The number of rotatable bonds is 62. The first kappa shape index (κ1) is 75.6. The van der Waals surface area contributed by atoms with Crippen LogP contribution in [0.2, 0.25) is 0 Å². The fraction of sp³-hybridized carbons (Fsp3) is 0.767. The molecule has 0 rings (SSSR count). The number of hydrogen-bond donors (Lipinski definition) is 0. The molecule has 456 valence electrons. The van der Waals surface area contributed by atoms with Gasteiger partial charge >= 0.3 is 17.9 Å². The Kier molecular flexibility index (Phi) is 64.2. The van der Waals surface area contributed by atoms with Gasteiger partial charge in [-0.25, -0.2) is 0 Å². The lowest BCUT2D eigenvalue weighted by molar-refractivity contribution is -0.167. The van der Waals surface area contributed by atoms with E-state index in [1.54, 1.807) is 0 Å². The van der Waals surface area contributed by atoms with Crippen molar-refractivity contribution in [2.24, 2.45) is 0 Å². The van der Waals surface area contributed by atoms with Gasteiger partial charge in [0.2, 0.25) is 0 Å². The van der Waals surface area contributed by atoms with Crippen LogP contribution in [-0.4, -0.2) is 37.2 Å². The van der Waals surface area contributed by atoms with Crippen LogP contribution in [0, 0.1) is 0 Å². The normalized spacial score (nSPS) is 12.6. The van der Waals surface area contributed by atoms with E-state index >= 15 is 0 Å². The molecule has 0 aromatic rings. The molecule has 0 aromatic carbocycles. The molecule has 1 atom stereocenters. The van der Waals surface area contributed by atoms with Crippen LogP contribution < -0.4 is 0 Å². The predicted octanol–water partition coefficient (Wildman–Crippen LogP) is 23.4. The van der Waals surface area contributed by atoms with Gasteiger partial charge in [0.05, 0.1) is 0 Å². The maximum atomic E-state index is 12.9. The molecule has 0 aliphatic carbocycles. The van der Waals surface area contributed by atoms with Crippen LogP contribution in [0.15, 0.2) is 85.1 Å². The van der Waals surface area contributed by atoms with Crippen LogP contribution >= 0.6 is 0 Å². The Bertz CT molecular complexity index is 1500. The maximum absolute atomic E-state index is 12.9. The summed E-state index contributed by atoms with van der Waals surface area (Å²) in [5.74, 6) is -0.877. The van der Waals surface area contributed by atoms with Gasteiger partial charge in [0.1, 0.15) is 13.2 Å². The molecule has 6 nitrogen and oxygen atoms in total. The highest BCUT2D eigenvalue weighted by atomic mass is 16.6. The molecule has 0 heterocycles. The van der Waals surface area contributed by atoms with E-state index in [4.69, 9.17) is 14.2 Å². The second kappa shape index (κ2) is 67.1. The summed E-state index contributed by atoms with van der Waals surface area (Å²) in [7, 11) is 0. The predicted molar refractivity (Wildman–Crippen MR) is 344 cm³/mol. The fourth-order valence-corrected chi connectivity index (χ4v) is 9.80. The number of allylic oxidation sites excluding steroid dienone is 14. The van der Waals surface area contributed by atoms with E-state index in [0.717, 1.165) is 109 Å². The summed E-state index contributed by atoms with van der Waals surface area (Å²) < 4.78 is 17.0. The molecule has 0 aliphatic heterocycles. The zero-order valence-electron chi connectivity index (χ0n) is 52.4. The third-order valence-electron chi connectivity index (χ3n) is 14.9. The Labute approximate surface area is 490 Å². The summed E-state index contributed by atoms with van der Waals surface area (Å²) in [5.41, 5.74) is 0. The van der Waals surface area contributed by atoms with Crippen molar-refractivity contribution in [1.82, 2.24) is 0 Å². The van der Waals surface area contributed by atoms with Crippen LogP contribution in [0.4, 0.5) is 0 Å². The molecular formula is C73H128O6. The molecule has 0 fully saturated rings. The number of esters is 3. The van der Waals surface area contributed by atoms with E-state index in [1.807, 2.05) is 0 Å². The molecule has 0 amide bonds. The second-order valence-corrected chi connectivity index (χ2v) is 22.7. The molecule has 0 aliphatic rings. The van der Waals surface area contributed by atoms with Crippen LogP contribution in [-0.2, 0) is 28.6 Å². The van der Waals surface area contributed by atoms with Crippen molar-refractivity contribution in [3.63, 3.8) is 0 Å². The van der Waals surface area contributed by atoms with Gasteiger partial charge in [-0.3, -0.25) is 14.4 Å². The first-order chi connectivity index (χ1) is 39.0. The van der Waals surface area contributed by atoms with E-state index in [2.05, 4.69) is 106 Å². The van der Waals surface area contributed by atoms with Crippen molar-refractivity contribution >= 4 is 17.9 Å². The zero-order chi connectivity index (χ0) is 57.1. The smallest absolute Gasteiger partial charge is 0.306 e. The van der Waals surface area contributed by atoms with Gasteiger partial charge in [-0.2, -0.15) is 0 Å². The van der Waals surface area contributed by atoms with E-state index in [-0.39, 0.29) is 31.1 Å². The zero-order valence-corrected chi connectivity index (χ0v) is 52.4. The Morgan fingerprint density at radius 3 is 0.785 bits per heavy atom. The quantitative estimate of drug-likeness (QED) is 0.0261. The molecule has 0 radical (unpaired) electrons. The van der Waals surface area contributed by atoms with Crippen molar-refractivity contribution in [2.75, 3.05) is 13.2 Å². The number of unbranched alkanes of at least 4 members (excludes halogenated alkanes) is 37. The molecule has 79 heavy (non-hydrogen) atoms. The third-order valence-corrected chi connectivity index (χ3v) is 14.9. The molecule has 0 saturated carbocycles. The third kappa shape index (κ3) is 65.3. The molecule has 0 saturated heterocycles. The van der Waals surface area contributed by atoms with Crippen molar-refractivity contribution in [3.05, 3.63) is 85.1 Å². The lowest BCUT2D eigenvalue weighted by Crippen LogP contribution is -2.30. The van der Waals surface area contributed by atoms with Gasteiger partial charge < -0.3 is 14.2 Å². The highest BCUT2D eigenvalue weighted by molar-refractivity contribution is 5.71. The molecule has 0 bridgehead atoms. The molecule has 6 heteroatoms. The molecule has 0 aromatic heterocycles. The van der Waals surface area contributed by atoms with Gasteiger partial charge in [0.25, 0.3) is 0 Å². The van der Waals surface area contributed by atoms with Crippen molar-refractivity contribution in [2.45, 2.75) is 348 Å². The largest absolute Gasteiger partial charge is 0.462 e. The Morgan fingerprint density at radius 2 is 0.494 bits per heavy atom. The summed E-state index contributed by atoms with van der Waals surface area (Å²) in [5, 5.41) is 0. The highest BCUT2D eigenvalue weighted by Crippen LogP contribution is 2.17. The Hall–Kier alpha value is -3.41. The topological polar surface area (TPSA) is 78.9 Å². The van der Waals surface area contributed by atoms with E-state index < -0.39 is 6.10 Å². The van der Waals surface area contributed by atoms with Gasteiger partial charge in [0, 0.05) is 19.3 Å². The van der Waals surface area contributed by atoms with Gasteiger partial charge in [-0.05, 0) is 96.3 Å². The first-order valence-corrected chi connectivity index (χ1v) is 34.1. The van der Waals surface area contributed by atoms with Crippen LogP contribution in [0.5, 0.6) is 0 Å². The number of carbonyl (C=O) groups excluding carboxylic acids is 3. The van der Waals surface area contributed by atoms with Crippen LogP contribution in [0.3, 0.4) is 0 Å². The standard InChI is InChI=1S/C73H128O6/c1-4-7-10-13-16-19-22-25-28-31-33-34-35-36-37-38-39-40-41-43-45-48-51-54-57-60-63-66-72(75)78-69-70(68-77-71(74)65-62-59-56-53-50-47-44-30-27-24-21-18-15-12-9-6-3)79-73(76)67-64-61-58-55-52-49-46-42-32-29-26-23-20-17-14-11-8-5-2/h7,10,16,19,25,28,30,33-34,36-37,39-40,44,70H,4-6,8-9,11-15,17-18,20-24,26-27,29,31-32,35,38,41-43,45-69H2,1-3H3/b10-7-,19-16-,28-25-,34-33-,37-36-,40-39-,44-30-. The lowest BCUT2D eigenvalue weighted by Gasteiger charge is -2.18. The van der Waals surface area contributed by atoms with Gasteiger partial charge in [0.15, 0.2) is 6.10 Å². The average Bonchev–Trinajstić information content (AvgIpc) is 3.45. The van der Waals surface area contributed by atoms with Gasteiger partial charge in [-0.15, -0.1) is 0 Å². The summed E-state index contributed by atoms with van der Waals surface area (Å²) >= 11 is 0. The van der Waals surface area contributed by atoms with Gasteiger partial charge in [-0.1, -0.05) is 311 Å². The summed E-state index contributed by atoms with van der Waals surface area (Å²) in [6.07, 6.45) is 88.8. The number of hydrogen-bond acceptors (Lipinski definition) is 6. The monoisotopic (exact) mass is 1100 g/mol. The molecule has 0 spiro atoms. The van der Waals surface area contributed by atoms with Crippen LogP contribution in [0.25, 0.3) is 0 Å². The van der Waals surface area contributed by atoms with E-state index in [0.29, 0.717) is 19.3 Å². The number of ether oxygens (including phenoxy) is 3. The molecular weight excluding hydrogens is 973 g/mol. The minimum absolute atomic E-state index is 0.0798. The van der Waals surface area contributed by atoms with E-state index in [9.17, 15) is 14.4 Å². The van der Waals surface area contributed by atoms with E-state index in [1.165, 1.54) is 193 Å². The number of carbonyl (C=O) groups is 3. The van der Waals surface area contributed by atoms with Crippen molar-refractivity contribution in [3.8, 4) is 0 Å². The second-order valence-electron chi connectivity index (χ2n) is 22.7. The fourth-order valence-electron chi connectivity index (χ4n) is 9.80. The van der Waals surface area contributed by atoms with Crippen molar-refractivity contribution in [1.29, 1.82) is 0 Å². The maximum Gasteiger partial charge on any atom is 0.306 e.